The van der Waals surface area contributed by atoms with E-state index in [1.165, 1.54) is 0 Å². The van der Waals surface area contributed by atoms with Gasteiger partial charge in [-0.05, 0) is 34.7 Å². The molecule has 0 aromatic heterocycles. The molecule has 0 heterocycles. The molecule has 7 heteroatoms. The number of carbonyl (C=O) groups is 3. The van der Waals surface area contributed by atoms with Gasteiger partial charge in [0.2, 0.25) is 5.91 Å². The van der Waals surface area contributed by atoms with Gasteiger partial charge in [0.25, 0.3) is 0 Å². The topological polar surface area (TPSA) is 105 Å². The van der Waals surface area contributed by atoms with Gasteiger partial charge in [0.05, 0.1) is 18.9 Å². The molecule has 3 N–H and O–H groups in total. The van der Waals surface area contributed by atoms with Gasteiger partial charge in [-0.15, -0.1) is 0 Å². The van der Waals surface area contributed by atoms with Crippen molar-refractivity contribution in [2.24, 2.45) is 0 Å². The molecule has 1 aliphatic rings. The number of hydrogen-bond donors (Lipinski definition) is 3. The van der Waals surface area contributed by atoms with Crippen molar-refractivity contribution in [1.82, 2.24) is 10.6 Å². The predicted molar refractivity (Wildman–Crippen MR) is 132 cm³/mol. The largest absolute Gasteiger partial charge is 0.481 e. The fourth-order valence-corrected chi connectivity index (χ4v) is 4.55. The lowest BCUT2D eigenvalue weighted by Gasteiger charge is -2.21. The SMILES string of the molecule is CC(CC(=O)O)NC(=O)CC(NC(=O)OCC1c2ccccc2-c2ccccc21)c1ccccc1. The van der Waals surface area contributed by atoms with E-state index >= 15 is 0 Å². The molecule has 0 fully saturated rings. The first-order valence-electron chi connectivity index (χ1n) is 11.6. The minimum atomic E-state index is -0.992. The van der Waals surface area contributed by atoms with Crippen LogP contribution in [0.25, 0.3) is 11.1 Å². The molecule has 0 saturated heterocycles. The average Bonchev–Trinajstić information content (AvgIpc) is 3.16. The first-order valence-corrected chi connectivity index (χ1v) is 11.6. The third-order valence-corrected chi connectivity index (χ3v) is 6.12. The maximum absolute atomic E-state index is 12.8. The molecule has 0 spiro atoms. The van der Waals surface area contributed by atoms with Crippen molar-refractivity contribution in [1.29, 1.82) is 0 Å². The van der Waals surface area contributed by atoms with Gasteiger partial charge >= 0.3 is 12.1 Å². The lowest BCUT2D eigenvalue weighted by Crippen LogP contribution is -2.38. The monoisotopic (exact) mass is 472 g/mol. The molecule has 2 amide bonds. The highest BCUT2D eigenvalue weighted by atomic mass is 16.5. The molecule has 35 heavy (non-hydrogen) atoms. The van der Waals surface area contributed by atoms with Crippen LogP contribution in [-0.2, 0) is 14.3 Å². The standard InChI is InChI=1S/C28H28N2O5/c1-18(15-27(32)33)29-26(31)16-25(19-9-3-2-4-10-19)30-28(34)35-17-24-22-13-7-5-11-20(22)21-12-6-8-14-23(21)24/h2-14,18,24-25H,15-17H2,1H3,(H,29,31)(H,30,34)(H,32,33). The minimum absolute atomic E-state index is 0.0435. The number of carboxylic acids is 1. The number of nitrogens with one attached hydrogen (secondary N) is 2. The first-order chi connectivity index (χ1) is 16.9. The molecule has 4 rings (SSSR count). The van der Waals surface area contributed by atoms with Gasteiger partial charge in [0.15, 0.2) is 0 Å². The average molecular weight is 473 g/mol. The van der Waals surface area contributed by atoms with Gasteiger partial charge in [-0.25, -0.2) is 4.79 Å². The van der Waals surface area contributed by atoms with E-state index in [-0.39, 0.29) is 31.3 Å². The van der Waals surface area contributed by atoms with E-state index < -0.39 is 24.1 Å². The van der Waals surface area contributed by atoms with Crippen molar-refractivity contribution in [2.75, 3.05) is 6.61 Å². The normalized spacial score (nSPS) is 13.7. The Kier molecular flexibility index (Phi) is 7.45. The highest BCUT2D eigenvalue weighted by Crippen LogP contribution is 2.44. The number of alkyl carbamates (subject to hydrolysis) is 1. The quantitative estimate of drug-likeness (QED) is 0.421. The summed E-state index contributed by atoms with van der Waals surface area (Å²) in [6.07, 6.45) is -0.841. The summed E-state index contributed by atoms with van der Waals surface area (Å²) < 4.78 is 5.65. The van der Waals surface area contributed by atoms with Gasteiger partial charge < -0.3 is 20.5 Å². The number of ether oxygens (including phenoxy) is 1. The van der Waals surface area contributed by atoms with Crippen LogP contribution in [0.5, 0.6) is 0 Å². The summed E-state index contributed by atoms with van der Waals surface area (Å²) in [5.41, 5.74) is 5.28. The van der Waals surface area contributed by atoms with E-state index in [9.17, 15) is 14.4 Å². The van der Waals surface area contributed by atoms with E-state index in [0.29, 0.717) is 0 Å². The van der Waals surface area contributed by atoms with Crippen LogP contribution in [-0.4, -0.2) is 35.7 Å². The second kappa shape index (κ2) is 10.9. The van der Waals surface area contributed by atoms with Gasteiger partial charge in [-0.1, -0.05) is 78.9 Å². The van der Waals surface area contributed by atoms with Crippen molar-refractivity contribution in [3.8, 4) is 11.1 Å². The zero-order valence-corrected chi connectivity index (χ0v) is 19.4. The molecule has 1 aliphatic carbocycles. The second-order valence-electron chi connectivity index (χ2n) is 8.70. The fourth-order valence-electron chi connectivity index (χ4n) is 4.55. The zero-order valence-electron chi connectivity index (χ0n) is 19.4. The third-order valence-electron chi connectivity index (χ3n) is 6.12. The van der Waals surface area contributed by atoms with E-state index in [1.807, 2.05) is 54.6 Å². The Morgan fingerprint density at radius 3 is 2.00 bits per heavy atom. The molecular weight excluding hydrogens is 444 g/mol. The van der Waals surface area contributed by atoms with Crippen molar-refractivity contribution < 1.29 is 24.2 Å². The number of rotatable bonds is 9. The molecule has 0 radical (unpaired) electrons. The summed E-state index contributed by atoms with van der Waals surface area (Å²) >= 11 is 0. The van der Waals surface area contributed by atoms with Gasteiger partial charge in [0, 0.05) is 12.0 Å². The van der Waals surface area contributed by atoms with Gasteiger partial charge in [0.1, 0.15) is 6.61 Å². The Balaban J connectivity index is 1.42. The smallest absolute Gasteiger partial charge is 0.407 e. The Hall–Kier alpha value is -4.13. The first kappa shape index (κ1) is 24.0. The summed E-state index contributed by atoms with van der Waals surface area (Å²) in [5.74, 6) is -1.41. The molecule has 2 unspecified atom stereocenters. The van der Waals surface area contributed by atoms with Gasteiger partial charge in [-0.3, -0.25) is 9.59 Å². The van der Waals surface area contributed by atoms with Crippen molar-refractivity contribution in [3.05, 3.63) is 95.6 Å². The Morgan fingerprint density at radius 2 is 1.40 bits per heavy atom. The predicted octanol–water partition coefficient (Wildman–Crippen LogP) is 4.64. The fraction of sp³-hybridized carbons (Fsp3) is 0.250. The Labute approximate surface area is 204 Å². The molecule has 0 aliphatic heterocycles. The molecule has 0 saturated carbocycles. The number of aliphatic carboxylic acids is 1. The molecule has 180 valence electrons. The number of benzene rings is 3. The van der Waals surface area contributed by atoms with Crippen LogP contribution in [0.1, 0.15) is 48.4 Å². The number of carboxylic acid groups (broad SMARTS) is 1. The lowest BCUT2D eigenvalue weighted by molar-refractivity contribution is -0.137. The van der Waals surface area contributed by atoms with E-state index in [1.54, 1.807) is 6.92 Å². The van der Waals surface area contributed by atoms with Crippen LogP contribution in [0.3, 0.4) is 0 Å². The van der Waals surface area contributed by atoms with Crippen LogP contribution >= 0.6 is 0 Å². The number of amides is 2. The van der Waals surface area contributed by atoms with Crippen LogP contribution < -0.4 is 10.6 Å². The van der Waals surface area contributed by atoms with Crippen molar-refractivity contribution in [2.45, 2.75) is 37.8 Å². The molecule has 3 aromatic rings. The van der Waals surface area contributed by atoms with E-state index in [0.717, 1.165) is 27.8 Å². The van der Waals surface area contributed by atoms with Crippen molar-refractivity contribution in [3.63, 3.8) is 0 Å². The molecule has 0 bridgehead atoms. The lowest BCUT2D eigenvalue weighted by atomic mass is 9.98. The summed E-state index contributed by atoms with van der Waals surface area (Å²) in [5, 5.41) is 14.4. The minimum Gasteiger partial charge on any atom is -0.481 e. The maximum Gasteiger partial charge on any atom is 0.407 e. The Bertz CT molecular complexity index is 1170. The van der Waals surface area contributed by atoms with Crippen LogP contribution in [0.4, 0.5) is 4.79 Å². The zero-order chi connectivity index (χ0) is 24.8. The van der Waals surface area contributed by atoms with E-state index in [4.69, 9.17) is 9.84 Å². The summed E-state index contributed by atoms with van der Waals surface area (Å²) in [6, 6.07) is 24.2. The highest BCUT2D eigenvalue weighted by Gasteiger charge is 2.29. The van der Waals surface area contributed by atoms with Crippen molar-refractivity contribution >= 4 is 18.0 Å². The summed E-state index contributed by atoms with van der Waals surface area (Å²) in [6.45, 7) is 1.80. The molecule has 2 atom stereocenters. The number of fused-ring (bicyclic) bond motifs is 3. The molecule has 3 aromatic carbocycles. The maximum atomic E-state index is 12.8. The summed E-state index contributed by atoms with van der Waals surface area (Å²) in [7, 11) is 0. The number of carbonyl (C=O) groups excluding carboxylic acids is 2. The third kappa shape index (κ3) is 5.87. The van der Waals surface area contributed by atoms with Crippen LogP contribution in [0.2, 0.25) is 0 Å². The molecular formula is C28H28N2O5. The number of hydrogen-bond acceptors (Lipinski definition) is 4. The summed E-state index contributed by atoms with van der Waals surface area (Å²) in [4.78, 5) is 36.2. The molecule has 7 nitrogen and oxygen atoms in total. The van der Waals surface area contributed by atoms with E-state index in [2.05, 4.69) is 34.9 Å². The Morgan fingerprint density at radius 1 is 0.829 bits per heavy atom. The second-order valence-corrected chi connectivity index (χ2v) is 8.70. The van der Waals surface area contributed by atoms with Gasteiger partial charge in [-0.2, -0.15) is 0 Å². The van der Waals surface area contributed by atoms with Crippen LogP contribution in [0.15, 0.2) is 78.9 Å². The highest BCUT2D eigenvalue weighted by molar-refractivity contribution is 5.80. The van der Waals surface area contributed by atoms with Crippen LogP contribution in [0, 0.1) is 0 Å².